The maximum Gasteiger partial charge on any atom is 0.268 e. The van der Waals surface area contributed by atoms with Crippen LogP contribution in [0.5, 0.6) is 5.75 Å². The van der Waals surface area contributed by atoms with Gasteiger partial charge in [0.1, 0.15) is 5.75 Å². The third-order valence-corrected chi connectivity index (χ3v) is 1.57. The number of hydrazine groups is 1. The molecule has 0 heterocycles. The van der Waals surface area contributed by atoms with Crippen molar-refractivity contribution in [1.29, 1.82) is 0 Å². The van der Waals surface area contributed by atoms with Gasteiger partial charge in [0.2, 0.25) is 0 Å². The van der Waals surface area contributed by atoms with E-state index in [1.54, 1.807) is 0 Å². The van der Waals surface area contributed by atoms with Crippen LogP contribution < -0.4 is 11.3 Å². The van der Waals surface area contributed by atoms with E-state index in [0.29, 0.717) is 6.29 Å². The Morgan fingerprint density at radius 3 is 2.77 bits per heavy atom. The van der Waals surface area contributed by atoms with E-state index in [4.69, 9.17) is 5.84 Å². The average Bonchev–Trinajstić information content (AvgIpc) is 2.17. The van der Waals surface area contributed by atoms with Crippen LogP contribution in [0.2, 0.25) is 0 Å². The van der Waals surface area contributed by atoms with Crippen LogP contribution >= 0.6 is 0 Å². The molecule has 0 aliphatic carbocycles. The summed E-state index contributed by atoms with van der Waals surface area (Å²) in [6.07, 6.45) is 0.461. The summed E-state index contributed by atoms with van der Waals surface area (Å²) in [5.41, 5.74) is 1.89. The molecule has 13 heavy (non-hydrogen) atoms. The van der Waals surface area contributed by atoms with E-state index in [9.17, 15) is 14.7 Å². The second-order valence-electron chi connectivity index (χ2n) is 2.33. The predicted octanol–water partition coefficient (Wildman–Crippen LogP) is -0.192. The van der Waals surface area contributed by atoms with Crippen molar-refractivity contribution in [1.82, 2.24) is 5.43 Å². The lowest BCUT2D eigenvalue weighted by Gasteiger charge is -2.03. The topological polar surface area (TPSA) is 92.4 Å². The van der Waals surface area contributed by atoms with E-state index < -0.39 is 5.91 Å². The van der Waals surface area contributed by atoms with E-state index in [0.717, 1.165) is 0 Å². The number of phenolic OH excluding ortho intramolecular Hbond substituents is 1. The minimum Gasteiger partial charge on any atom is -0.506 e. The zero-order valence-corrected chi connectivity index (χ0v) is 6.65. The summed E-state index contributed by atoms with van der Waals surface area (Å²) in [6.45, 7) is 0. The molecular formula is C8H8N2O3. The number of carbonyl (C=O) groups is 2. The van der Waals surface area contributed by atoms with Crippen LogP contribution in [0.1, 0.15) is 20.7 Å². The fraction of sp³-hybridized carbons (Fsp3) is 0. The average molecular weight is 180 g/mol. The number of carbonyl (C=O) groups excluding carboxylic acids is 2. The Hall–Kier alpha value is -1.88. The van der Waals surface area contributed by atoms with Crippen LogP contribution in [-0.2, 0) is 0 Å². The van der Waals surface area contributed by atoms with Crippen LogP contribution in [-0.4, -0.2) is 17.3 Å². The van der Waals surface area contributed by atoms with Gasteiger partial charge >= 0.3 is 0 Å². The van der Waals surface area contributed by atoms with Crippen LogP contribution in [0, 0.1) is 0 Å². The summed E-state index contributed by atoms with van der Waals surface area (Å²) in [7, 11) is 0. The standard InChI is InChI=1S/C8H8N2O3/c9-10-8(13)6-3-1-2-5(4-11)7(6)12/h1-4,12H,9H2,(H,10,13). The Morgan fingerprint density at radius 2 is 2.23 bits per heavy atom. The number of aromatic hydroxyl groups is 1. The van der Waals surface area contributed by atoms with Gasteiger partial charge in [-0.15, -0.1) is 0 Å². The molecule has 0 aliphatic heterocycles. The number of benzene rings is 1. The predicted molar refractivity (Wildman–Crippen MR) is 45.1 cm³/mol. The molecule has 0 saturated heterocycles. The van der Waals surface area contributed by atoms with Crippen molar-refractivity contribution in [2.75, 3.05) is 0 Å². The number of amides is 1. The first-order chi connectivity index (χ1) is 6.20. The van der Waals surface area contributed by atoms with Crippen molar-refractivity contribution in [2.45, 2.75) is 0 Å². The number of rotatable bonds is 2. The van der Waals surface area contributed by atoms with Crippen molar-refractivity contribution in [3.8, 4) is 5.75 Å². The van der Waals surface area contributed by atoms with Crippen molar-refractivity contribution in [3.63, 3.8) is 0 Å². The van der Waals surface area contributed by atoms with Gasteiger partial charge in [0, 0.05) is 0 Å². The Balaban J connectivity index is 3.23. The number of aldehydes is 1. The van der Waals surface area contributed by atoms with Crippen molar-refractivity contribution in [2.24, 2.45) is 5.84 Å². The van der Waals surface area contributed by atoms with Gasteiger partial charge in [-0.25, -0.2) is 5.84 Å². The number of nitrogens with one attached hydrogen (secondary N) is 1. The molecule has 0 aromatic heterocycles. The van der Waals surface area contributed by atoms with Crippen molar-refractivity contribution < 1.29 is 14.7 Å². The lowest BCUT2D eigenvalue weighted by Crippen LogP contribution is -2.30. The molecule has 68 valence electrons. The number of phenols is 1. The molecule has 0 atom stereocenters. The summed E-state index contributed by atoms with van der Waals surface area (Å²) in [6, 6.07) is 4.24. The number of para-hydroxylation sites is 1. The molecule has 0 aliphatic rings. The zero-order valence-electron chi connectivity index (χ0n) is 6.65. The minimum atomic E-state index is -0.638. The van der Waals surface area contributed by atoms with Crippen molar-refractivity contribution in [3.05, 3.63) is 29.3 Å². The van der Waals surface area contributed by atoms with Crippen LogP contribution in [0.25, 0.3) is 0 Å². The maximum absolute atomic E-state index is 11.0. The molecule has 0 spiro atoms. The van der Waals surface area contributed by atoms with Gasteiger partial charge in [-0.05, 0) is 12.1 Å². The number of nitrogens with two attached hydrogens (primary N) is 1. The molecule has 5 heteroatoms. The van der Waals surface area contributed by atoms with E-state index in [-0.39, 0.29) is 16.9 Å². The van der Waals surface area contributed by atoms with Crippen LogP contribution in [0.3, 0.4) is 0 Å². The lowest BCUT2D eigenvalue weighted by molar-refractivity contribution is 0.0951. The Morgan fingerprint density at radius 1 is 1.54 bits per heavy atom. The fourth-order valence-electron chi connectivity index (χ4n) is 0.917. The lowest BCUT2D eigenvalue weighted by atomic mass is 10.1. The molecule has 0 unspecified atom stereocenters. The highest BCUT2D eigenvalue weighted by molar-refractivity contribution is 5.99. The summed E-state index contributed by atoms with van der Waals surface area (Å²) >= 11 is 0. The normalized spacial score (nSPS) is 9.31. The second kappa shape index (κ2) is 3.68. The number of nitrogen functional groups attached to an aromatic ring is 1. The van der Waals surface area contributed by atoms with Crippen LogP contribution in [0.15, 0.2) is 18.2 Å². The summed E-state index contributed by atoms with van der Waals surface area (Å²) in [5.74, 6) is 3.87. The molecule has 0 saturated carbocycles. The molecule has 5 nitrogen and oxygen atoms in total. The SMILES string of the molecule is NNC(=O)c1cccc(C=O)c1O. The molecular weight excluding hydrogens is 172 g/mol. The van der Waals surface area contributed by atoms with Gasteiger partial charge in [0.15, 0.2) is 6.29 Å². The Labute approximate surface area is 74.1 Å². The third-order valence-electron chi connectivity index (χ3n) is 1.57. The highest BCUT2D eigenvalue weighted by Crippen LogP contribution is 2.20. The largest absolute Gasteiger partial charge is 0.506 e. The molecule has 4 N–H and O–H groups in total. The quantitative estimate of drug-likeness (QED) is 0.254. The Bertz CT molecular complexity index is 349. The number of hydrogen-bond donors (Lipinski definition) is 3. The first-order valence-corrected chi connectivity index (χ1v) is 3.48. The monoisotopic (exact) mass is 180 g/mol. The van der Waals surface area contributed by atoms with E-state index >= 15 is 0 Å². The first kappa shape index (κ1) is 9.21. The molecule has 0 fully saturated rings. The smallest absolute Gasteiger partial charge is 0.268 e. The van der Waals surface area contributed by atoms with E-state index in [2.05, 4.69) is 0 Å². The molecule has 1 aromatic rings. The highest BCUT2D eigenvalue weighted by Gasteiger charge is 2.11. The molecule has 1 aromatic carbocycles. The number of hydrogen-bond acceptors (Lipinski definition) is 4. The van der Waals surface area contributed by atoms with Gasteiger partial charge in [-0.2, -0.15) is 0 Å². The summed E-state index contributed by atoms with van der Waals surface area (Å²) in [4.78, 5) is 21.4. The third kappa shape index (κ3) is 1.65. The highest BCUT2D eigenvalue weighted by atomic mass is 16.3. The molecule has 1 rings (SSSR count). The second-order valence-corrected chi connectivity index (χ2v) is 2.33. The summed E-state index contributed by atoms with van der Waals surface area (Å²) in [5, 5.41) is 9.34. The molecule has 0 radical (unpaired) electrons. The van der Waals surface area contributed by atoms with Gasteiger partial charge in [0.05, 0.1) is 11.1 Å². The first-order valence-electron chi connectivity index (χ1n) is 3.48. The van der Waals surface area contributed by atoms with E-state index in [1.807, 2.05) is 5.43 Å². The molecule has 0 bridgehead atoms. The van der Waals surface area contributed by atoms with Gasteiger partial charge in [-0.3, -0.25) is 15.0 Å². The van der Waals surface area contributed by atoms with Gasteiger partial charge < -0.3 is 5.11 Å². The Kier molecular flexibility index (Phi) is 2.61. The van der Waals surface area contributed by atoms with Crippen LogP contribution in [0.4, 0.5) is 0 Å². The maximum atomic E-state index is 11.0. The zero-order chi connectivity index (χ0) is 9.84. The van der Waals surface area contributed by atoms with E-state index in [1.165, 1.54) is 18.2 Å². The minimum absolute atomic E-state index is 0.0212. The fourth-order valence-corrected chi connectivity index (χ4v) is 0.917. The summed E-state index contributed by atoms with van der Waals surface area (Å²) < 4.78 is 0. The molecule has 1 amide bonds. The van der Waals surface area contributed by atoms with Gasteiger partial charge in [-0.1, -0.05) is 6.07 Å². The van der Waals surface area contributed by atoms with Gasteiger partial charge in [0.25, 0.3) is 5.91 Å². The van der Waals surface area contributed by atoms with Crippen molar-refractivity contribution >= 4 is 12.2 Å².